The van der Waals surface area contributed by atoms with Gasteiger partial charge in [-0.2, -0.15) is 0 Å². The minimum atomic E-state index is 0.0123. The van der Waals surface area contributed by atoms with E-state index in [1.54, 1.807) is 11.3 Å². The number of hydrogen-bond donors (Lipinski definition) is 0. The molecule has 2 rings (SSSR count). The second-order valence-corrected chi connectivity index (χ2v) is 8.75. The van der Waals surface area contributed by atoms with Crippen molar-refractivity contribution in [2.24, 2.45) is 0 Å². The molecule has 0 N–H and O–H groups in total. The molecule has 0 fully saturated rings. The number of rotatable bonds is 5. The molecule has 0 spiro atoms. The molecule has 0 aromatic carbocycles. The Hall–Kier alpha value is -1.16. The first-order chi connectivity index (χ1) is 10.1. The number of aromatic nitrogens is 2. The van der Waals surface area contributed by atoms with E-state index in [1.165, 1.54) is 10.7 Å². The van der Waals surface area contributed by atoms with E-state index < -0.39 is 0 Å². The van der Waals surface area contributed by atoms with Gasteiger partial charge in [0.25, 0.3) is 0 Å². The third kappa shape index (κ3) is 3.97. The van der Waals surface area contributed by atoms with Crippen molar-refractivity contribution in [3.05, 3.63) is 33.9 Å². The van der Waals surface area contributed by atoms with E-state index in [4.69, 9.17) is 9.40 Å². The SMILES string of the molecule is Cc1ncc(C(C)(C)CCC(C)c2csc(C(C)(C)C)n2)o1. The predicted molar refractivity (Wildman–Crippen MR) is 92.7 cm³/mol. The lowest BCUT2D eigenvalue weighted by Crippen LogP contribution is -2.17. The summed E-state index contributed by atoms with van der Waals surface area (Å²) in [5, 5.41) is 3.44. The van der Waals surface area contributed by atoms with Gasteiger partial charge in [0, 0.05) is 23.1 Å². The fourth-order valence-corrected chi connectivity index (χ4v) is 3.41. The molecule has 0 amide bonds. The lowest BCUT2D eigenvalue weighted by Gasteiger charge is -2.23. The van der Waals surface area contributed by atoms with E-state index in [2.05, 4.69) is 51.9 Å². The van der Waals surface area contributed by atoms with Crippen molar-refractivity contribution in [2.75, 3.05) is 0 Å². The van der Waals surface area contributed by atoms with Gasteiger partial charge in [-0.25, -0.2) is 9.97 Å². The molecule has 3 nitrogen and oxygen atoms in total. The highest BCUT2D eigenvalue weighted by Crippen LogP contribution is 2.34. The molecule has 4 heteroatoms. The molecule has 122 valence electrons. The van der Waals surface area contributed by atoms with Crippen LogP contribution in [0.2, 0.25) is 0 Å². The van der Waals surface area contributed by atoms with Crippen LogP contribution in [0.3, 0.4) is 0 Å². The van der Waals surface area contributed by atoms with E-state index >= 15 is 0 Å². The first-order valence-corrected chi connectivity index (χ1v) is 8.86. The van der Waals surface area contributed by atoms with E-state index in [0.29, 0.717) is 5.92 Å². The minimum absolute atomic E-state index is 0.0123. The van der Waals surface area contributed by atoms with E-state index in [0.717, 1.165) is 24.5 Å². The fraction of sp³-hybridized carbons (Fsp3) is 0.667. The van der Waals surface area contributed by atoms with Crippen LogP contribution in [0.4, 0.5) is 0 Å². The molecule has 0 aliphatic heterocycles. The summed E-state index contributed by atoms with van der Waals surface area (Å²) in [5.41, 5.74) is 1.37. The zero-order valence-electron chi connectivity index (χ0n) is 14.9. The average Bonchev–Trinajstić information content (AvgIpc) is 3.04. The summed E-state index contributed by atoms with van der Waals surface area (Å²) in [5.74, 6) is 2.19. The van der Waals surface area contributed by atoms with Crippen molar-refractivity contribution in [1.82, 2.24) is 9.97 Å². The Bertz CT molecular complexity index is 619. The molecular formula is C18H28N2OS. The van der Waals surface area contributed by atoms with Crippen LogP contribution in [0.25, 0.3) is 0 Å². The summed E-state index contributed by atoms with van der Waals surface area (Å²) >= 11 is 1.78. The summed E-state index contributed by atoms with van der Waals surface area (Å²) in [4.78, 5) is 9.06. The molecule has 0 saturated heterocycles. The summed E-state index contributed by atoms with van der Waals surface area (Å²) in [6.45, 7) is 15.3. The number of oxazole rings is 1. The normalized spacial score (nSPS) is 14.3. The molecule has 0 saturated carbocycles. The molecule has 0 aliphatic rings. The monoisotopic (exact) mass is 320 g/mol. The van der Waals surface area contributed by atoms with Gasteiger partial charge in [-0.15, -0.1) is 11.3 Å². The maximum atomic E-state index is 5.71. The number of thiazole rings is 1. The number of hydrogen-bond acceptors (Lipinski definition) is 4. The molecule has 0 aliphatic carbocycles. The number of nitrogens with zero attached hydrogens (tertiary/aromatic N) is 2. The van der Waals surface area contributed by atoms with Gasteiger partial charge >= 0.3 is 0 Å². The molecule has 22 heavy (non-hydrogen) atoms. The van der Waals surface area contributed by atoms with Gasteiger partial charge in [0.1, 0.15) is 5.76 Å². The van der Waals surface area contributed by atoms with Crippen LogP contribution in [0.5, 0.6) is 0 Å². The molecule has 0 radical (unpaired) electrons. The van der Waals surface area contributed by atoms with Gasteiger partial charge in [0.05, 0.1) is 16.9 Å². The van der Waals surface area contributed by atoms with Crippen LogP contribution >= 0.6 is 11.3 Å². The lowest BCUT2D eigenvalue weighted by molar-refractivity contribution is 0.339. The van der Waals surface area contributed by atoms with Crippen molar-refractivity contribution in [2.45, 2.75) is 78.1 Å². The van der Waals surface area contributed by atoms with Crippen LogP contribution in [-0.2, 0) is 10.8 Å². The van der Waals surface area contributed by atoms with Gasteiger partial charge in [0.2, 0.25) is 0 Å². The third-order valence-electron chi connectivity index (χ3n) is 4.16. The molecule has 1 unspecified atom stereocenters. The molecule has 2 aromatic rings. The van der Waals surface area contributed by atoms with Crippen LogP contribution in [0, 0.1) is 6.92 Å². The maximum absolute atomic E-state index is 5.71. The van der Waals surface area contributed by atoms with Crippen LogP contribution in [-0.4, -0.2) is 9.97 Å². The van der Waals surface area contributed by atoms with Gasteiger partial charge in [-0.1, -0.05) is 41.5 Å². The zero-order valence-corrected chi connectivity index (χ0v) is 15.7. The Morgan fingerprint density at radius 2 is 1.91 bits per heavy atom. The average molecular weight is 321 g/mol. The van der Waals surface area contributed by atoms with E-state index in [9.17, 15) is 0 Å². The first kappa shape index (κ1) is 17.2. The minimum Gasteiger partial charge on any atom is -0.445 e. The Morgan fingerprint density at radius 1 is 1.23 bits per heavy atom. The van der Waals surface area contributed by atoms with Gasteiger partial charge in [-0.3, -0.25) is 0 Å². The van der Waals surface area contributed by atoms with Crippen LogP contribution < -0.4 is 0 Å². The van der Waals surface area contributed by atoms with Crippen molar-refractivity contribution in [1.29, 1.82) is 0 Å². The molecule has 2 aromatic heterocycles. The Labute approximate surface area is 138 Å². The zero-order chi connectivity index (χ0) is 16.5. The van der Waals surface area contributed by atoms with Crippen LogP contribution in [0.1, 0.15) is 82.7 Å². The topological polar surface area (TPSA) is 38.9 Å². The predicted octanol–water partition coefficient (Wildman–Crippen LogP) is 5.60. The van der Waals surface area contributed by atoms with Gasteiger partial charge < -0.3 is 4.42 Å². The Balaban J connectivity index is 2.00. The highest BCUT2D eigenvalue weighted by Gasteiger charge is 2.26. The largest absolute Gasteiger partial charge is 0.445 e. The van der Waals surface area contributed by atoms with Crippen LogP contribution in [0.15, 0.2) is 16.0 Å². The quantitative estimate of drug-likeness (QED) is 0.720. The van der Waals surface area contributed by atoms with Crippen molar-refractivity contribution in [3.8, 4) is 0 Å². The van der Waals surface area contributed by atoms with Crippen molar-refractivity contribution in [3.63, 3.8) is 0 Å². The van der Waals surface area contributed by atoms with Crippen molar-refractivity contribution < 1.29 is 4.42 Å². The third-order valence-corrected chi connectivity index (χ3v) is 5.45. The Morgan fingerprint density at radius 3 is 2.41 bits per heavy atom. The molecule has 1 atom stereocenters. The summed E-state index contributed by atoms with van der Waals surface area (Å²) in [6, 6.07) is 0. The van der Waals surface area contributed by atoms with Gasteiger partial charge in [-0.05, 0) is 18.8 Å². The summed E-state index contributed by atoms with van der Waals surface area (Å²) < 4.78 is 5.71. The molecule has 0 bridgehead atoms. The summed E-state index contributed by atoms with van der Waals surface area (Å²) in [6.07, 6.45) is 4.02. The second kappa shape index (κ2) is 6.15. The lowest BCUT2D eigenvalue weighted by atomic mass is 9.82. The first-order valence-electron chi connectivity index (χ1n) is 7.98. The summed E-state index contributed by atoms with van der Waals surface area (Å²) in [7, 11) is 0. The Kier molecular flexibility index (Phi) is 4.81. The number of aryl methyl sites for hydroxylation is 1. The van der Waals surface area contributed by atoms with E-state index in [-0.39, 0.29) is 10.8 Å². The fourth-order valence-electron chi connectivity index (χ4n) is 2.38. The standard InChI is InChI=1S/C18H28N2OS/c1-12(14-11-22-16(20-14)17(3,4)5)8-9-18(6,7)15-10-19-13(2)21-15/h10-12H,8-9H2,1-7H3. The smallest absolute Gasteiger partial charge is 0.191 e. The molecular weight excluding hydrogens is 292 g/mol. The highest BCUT2D eigenvalue weighted by molar-refractivity contribution is 7.09. The van der Waals surface area contributed by atoms with E-state index in [1.807, 2.05) is 13.1 Å². The second-order valence-electron chi connectivity index (χ2n) is 7.89. The maximum Gasteiger partial charge on any atom is 0.191 e. The molecule has 2 heterocycles. The highest BCUT2D eigenvalue weighted by atomic mass is 32.1. The van der Waals surface area contributed by atoms with Crippen molar-refractivity contribution >= 4 is 11.3 Å². The van der Waals surface area contributed by atoms with Gasteiger partial charge in [0.15, 0.2) is 5.89 Å².